The van der Waals surface area contributed by atoms with E-state index < -0.39 is 34.0 Å². The van der Waals surface area contributed by atoms with Crippen LogP contribution in [-0.2, 0) is 9.53 Å². The SMILES string of the molecule is CC(=O)OC(F)(F)C(F)(I)C(F)C(C)C(F)(F)F. The number of ether oxygens (including phenoxy) is 1. The molecule has 0 amide bonds. The summed E-state index contributed by atoms with van der Waals surface area (Å²) in [6.45, 7) is 0.697. The number of rotatable bonds is 4. The third-order valence-corrected chi connectivity index (χ3v) is 3.18. The van der Waals surface area contributed by atoms with Gasteiger partial charge in [0.2, 0.25) is 0 Å². The van der Waals surface area contributed by atoms with E-state index in [1.165, 1.54) is 0 Å². The fourth-order valence-electron chi connectivity index (χ4n) is 0.889. The van der Waals surface area contributed by atoms with E-state index in [0.717, 1.165) is 0 Å². The molecule has 0 bridgehead atoms. The molecule has 0 saturated carbocycles. The molecule has 10 heteroatoms. The number of carbonyl (C=O) groups is 1. The maximum Gasteiger partial charge on any atom is 0.447 e. The average molecular weight is 396 g/mol. The van der Waals surface area contributed by atoms with Crippen LogP contribution in [0.25, 0.3) is 0 Å². The Morgan fingerprint density at radius 1 is 1.17 bits per heavy atom. The number of esters is 1. The standard InChI is InChI=1S/C8H8F7IO2/c1-3(7(11,12)13)5(9)6(10,16)8(14,15)18-4(2)17/h3,5H,1-2H3. The molecule has 0 saturated heterocycles. The van der Waals surface area contributed by atoms with Gasteiger partial charge >= 0.3 is 18.3 Å². The molecule has 3 atom stereocenters. The number of halogens is 8. The normalized spacial score (nSPS) is 19.9. The zero-order valence-electron chi connectivity index (χ0n) is 8.99. The Morgan fingerprint density at radius 3 is 1.83 bits per heavy atom. The van der Waals surface area contributed by atoms with Crippen LogP contribution in [0.15, 0.2) is 0 Å². The van der Waals surface area contributed by atoms with E-state index in [0.29, 0.717) is 6.92 Å². The lowest BCUT2D eigenvalue weighted by Gasteiger charge is -2.32. The van der Waals surface area contributed by atoms with Crippen LogP contribution in [0.5, 0.6) is 0 Å². The third kappa shape index (κ3) is 3.85. The summed E-state index contributed by atoms with van der Waals surface area (Å²) in [5.41, 5.74) is 0. The first-order chi connectivity index (χ1) is 7.73. The predicted molar refractivity (Wildman–Crippen MR) is 54.7 cm³/mol. The Labute approximate surface area is 111 Å². The van der Waals surface area contributed by atoms with Gasteiger partial charge in [0.1, 0.15) is 0 Å². The summed E-state index contributed by atoms with van der Waals surface area (Å²) in [7, 11) is 0. The highest BCUT2D eigenvalue weighted by Gasteiger charge is 2.66. The van der Waals surface area contributed by atoms with Gasteiger partial charge in [-0.3, -0.25) is 4.79 Å². The van der Waals surface area contributed by atoms with Gasteiger partial charge in [-0.25, -0.2) is 8.78 Å². The smallest absolute Gasteiger partial charge is 0.398 e. The van der Waals surface area contributed by atoms with E-state index >= 15 is 0 Å². The lowest BCUT2D eigenvalue weighted by Crippen LogP contribution is -2.53. The van der Waals surface area contributed by atoms with Crippen molar-refractivity contribution in [1.82, 2.24) is 0 Å². The molecule has 0 radical (unpaired) electrons. The maximum absolute atomic E-state index is 13.5. The Balaban J connectivity index is 5.19. The molecule has 0 fully saturated rings. The van der Waals surface area contributed by atoms with Crippen molar-refractivity contribution < 1.29 is 40.3 Å². The van der Waals surface area contributed by atoms with Crippen molar-refractivity contribution in [1.29, 1.82) is 0 Å². The van der Waals surface area contributed by atoms with Crippen molar-refractivity contribution in [3.63, 3.8) is 0 Å². The average Bonchev–Trinajstić information content (AvgIpc) is 2.11. The second-order valence-corrected chi connectivity index (χ2v) is 5.04. The Kier molecular flexibility index (Phi) is 5.28. The van der Waals surface area contributed by atoms with Crippen molar-refractivity contribution >= 4 is 28.6 Å². The summed E-state index contributed by atoms with van der Waals surface area (Å²) in [4.78, 5) is 10.3. The van der Waals surface area contributed by atoms with Crippen molar-refractivity contribution in [3.05, 3.63) is 0 Å². The largest absolute Gasteiger partial charge is 0.447 e. The summed E-state index contributed by atoms with van der Waals surface area (Å²) in [6.07, 6.45) is -13.8. The molecule has 0 N–H and O–H groups in total. The molecule has 0 aliphatic rings. The van der Waals surface area contributed by atoms with Crippen molar-refractivity contribution in [3.8, 4) is 0 Å². The predicted octanol–water partition coefficient (Wildman–Crippen LogP) is 3.78. The fraction of sp³-hybridized carbons (Fsp3) is 0.875. The highest BCUT2D eigenvalue weighted by Crippen LogP contribution is 2.48. The highest BCUT2D eigenvalue weighted by molar-refractivity contribution is 14.1. The number of alkyl halides is 8. The molecule has 2 nitrogen and oxygen atoms in total. The fourth-order valence-corrected chi connectivity index (χ4v) is 1.54. The Hall–Kier alpha value is -0.290. The molecular weight excluding hydrogens is 388 g/mol. The number of hydrogen-bond acceptors (Lipinski definition) is 2. The molecule has 0 aromatic rings. The van der Waals surface area contributed by atoms with Gasteiger partial charge in [0.25, 0.3) is 3.68 Å². The van der Waals surface area contributed by atoms with Gasteiger partial charge in [-0.15, -0.1) is 0 Å². The lowest BCUT2D eigenvalue weighted by atomic mass is 10.0. The van der Waals surface area contributed by atoms with Gasteiger partial charge in [-0.05, 0) is 22.6 Å². The zero-order chi connectivity index (χ0) is 14.9. The second kappa shape index (κ2) is 5.37. The summed E-state index contributed by atoms with van der Waals surface area (Å²) < 4.78 is 88.0. The van der Waals surface area contributed by atoms with Crippen LogP contribution >= 0.6 is 22.6 Å². The summed E-state index contributed by atoms with van der Waals surface area (Å²) in [5.74, 6) is -4.63. The van der Waals surface area contributed by atoms with Gasteiger partial charge in [0.15, 0.2) is 6.17 Å². The molecule has 0 aromatic carbocycles. The van der Waals surface area contributed by atoms with Crippen LogP contribution in [0.4, 0.5) is 30.7 Å². The second-order valence-electron chi connectivity index (χ2n) is 3.47. The molecule has 0 aliphatic heterocycles. The van der Waals surface area contributed by atoms with E-state index in [4.69, 9.17) is 0 Å². The summed E-state index contributed by atoms with van der Waals surface area (Å²) >= 11 is 0.164. The van der Waals surface area contributed by atoms with Gasteiger partial charge in [0.05, 0.1) is 5.92 Å². The lowest BCUT2D eigenvalue weighted by molar-refractivity contribution is -0.285. The van der Waals surface area contributed by atoms with Gasteiger partial charge < -0.3 is 4.74 Å². The van der Waals surface area contributed by atoms with Crippen LogP contribution in [-0.4, -0.2) is 28.1 Å². The summed E-state index contributed by atoms with van der Waals surface area (Å²) in [6, 6.07) is 0. The molecule has 0 spiro atoms. The van der Waals surface area contributed by atoms with Crippen molar-refractivity contribution in [2.24, 2.45) is 5.92 Å². The molecule has 3 unspecified atom stereocenters. The van der Waals surface area contributed by atoms with Gasteiger partial charge in [-0.1, -0.05) is 6.92 Å². The topological polar surface area (TPSA) is 26.3 Å². The van der Waals surface area contributed by atoms with Crippen LogP contribution in [0.3, 0.4) is 0 Å². The molecule has 0 heterocycles. The monoisotopic (exact) mass is 396 g/mol. The van der Waals surface area contributed by atoms with E-state index in [9.17, 15) is 35.5 Å². The highest BCUT2D eigenvalue weighted by atomic mass is 127. The molecule has 0 aromatic heterocycles. The van der Waals surface area contributed by atoms with E-state index in [1.807, 2.05) is 0 Å². The number of carbonyl (C=O) groups excluding carboxylic acids is 1. The zero-order valence-corrected chi connectivity index (χ0v) is 11.2. The first-order valence-electron chi connectivity index (χ1n) is 4.39. The quantitative estimate of drug-likeness (QED) is 0.313. The molecule has 0 aliphatic carbocycles. The van der Waals surface area contributed by atoms with Crippen LogP contribution in [0, 0.1) is 5.92 Å². The van der Waals surface area contributed by atoms with E-state index in [1.54, 1.807) is 0 Å². The Bertz CT molecular complexity index is 315. The van der Waals surface area contributed by atoms with Crippen LogP contribution < -0.4 is 0 Å². The van der Waals surface area contributed by atoms with Crippen LogP contribution in [0.1, 0.15) is 13.8 Å². The maximum atomic E-state index is 13.5. The van der Waals surface area contributed by atoms with Gasteiger partial charge in [-0.2, -0.15) is 22.0 Å². The Morgan fingerprint density at radius 2 is 1.56 bits per heavy atom. The van der Waals surface area contributed by atoms with E-state index in [-0.39, 0.29) is 29.5 Å². The minimum atomic E-state index is -5.20. The molecule has 18 heavy (non-hydrogen) atoms. The molecular formula is C8H8F7IO2. The minimum absolute atomic E-state index is 0.164. The van der Waals surface area contributed by atoms with Crippen LogP contribution in [0.2, 0.25) is 0 Å². The molecule has 0 rings (SSSR count). The van der Waals surface area contributed by atoms with Crippen molar-refractivity contribution in [2.45, 2.75) is 36.0 Å². The summed E-state index contributed by atoms with van der Waals surface area (Å²) in [5, 5.41) is 0. The molecule has 108 valence electrons. The van der Waals surface area contributed by atoms with Gasteiger partial charge in [0, 0.05) is 6.92 Å². The van der Waals surface area contributed by atoms with Crippen molar-refractivity contribution in [2.75, 3.05) is 0 Å². The van der Waals surface area contributed by atoms with E-state index in [2.05, 4.69) is 4.74 Å². The third-order valence-electron chi connectivity index (χ3n) is 1.96. The minimum Gasteiger partial charge on any atom is -0.398 e. The first-order valence-corrected chi connectivity index (χ1v) is 5.47. The first kappa shape index (κ1) is 17.7. The number of hydrogen-bond donors (Lipinski definition) is 0.